The summed E-state index contributed by atoms with van der Waals surface area (Å²) in [7, 11) is 0. The maximum absolute atomic E-state index is 12.7. The van der Waals surface area contributed by atoms with Gasteiger partial charge in [0.05, 0.1) is 11.7 Å². The van der Waals surface area contributed by atoms with Crippen molar-refractivity contribution in [3.8, 4) is 0 Å². The molecule has 0 aliphatic rings. The second kappa shape index (κ2) is 4.19. The van der Waals surface area contributed by atoms with Gasteiger partial charge in [-0.05, 0) is 29.8 Å². The maximum atomic E-state index is 12.7. The van der Waals surface area contributed by atoms with Gasteiger partial charge in [-0.25, -0.2) is 4.39 Å². The minimum atomic E-state index is -0.299. The van der Waals surface area contributed by atoms with Crippen molar-refractivity contribution in [1.29, 1.82) is 0 Å². The van der Waals surface area contributed by atoms with Crippen LogP contribution in [0.3, 0.4) is 0 Å². The average molecular weight is 202 g/mol. The first-order valence-corrected chi connectivity index (χ1v) is 4.69. The van der Waals surface area contributed by atoms with Gasteiger partial charge in [0, 0.05) is 6.20 Å². The van der Waals surface area contributed by atoms with Crippen molar-refractivity contribution in [3.63, 3.8) is 0 Å². The normalized spacial score (nSPS) is 12.4. The van der Waals surface area contributed by atoms with Gasteiger partial charge in [-0.15, -0.1) is 0 Å². The quantitative estimate of drug-likeness (QED) is 0.811. The molecule has 1 aromatic carbocycles. The Bertz CT molecular complexity index is 425. The molecule has 1 unspecified atom stereocenters. The van der Waals surface area contributed by atoms with E-state index in [1.807, 2.05) is 18.2 Å². The largest absolute Gasteiger partial charge is 0.319 e. The average Bonchev–Trinajstić information content (AvgIpc) is 2.30. The van der Waals surface area contributed by atoms with Crippen LogP contribution in [0.2, 0.25) is 0 Å². The molecule has 0 bridgehead atoms. The van der Waals surface area contributed by atoms with E-state index in [0.717, 1.165) is 11.3 Å². The van der Waals surface area contributed by atoms with Crippen LogP contribution in [0, 0.1) is 5.82 Å². The molecule has 15 heavy (non-hydrogen) atoms. The number of rotatable bonds is 2. The van der Waals surface area contributed by atoms with E-state index in [4.69, 9.17) is 5.73 Å². The molecule has 2 nitrogen and oxygen atoms in total. The van der Waals surface area contributed by atoms with Gasteiger partial charge in [0.15, 0.2) is 0 Å². The number of nitrogens with two attached hydrogens (primary N) is 1. The number of aromatic nitrogens is 1. The molecule has 0 saturated heterocycles. The standard InChI is InChI=1S/C12H11FN2/c13-10-6-4-9(5-7-10)12(14)11-3-1-2-8-15-11/h1-8,12H,14H2. The smallest absolute Gasteiger partial charge is 0.123 e. The highest BCUT2D eigenvalue weighted by Crippen LogP contribution is 2.17. The van der Waals surface area contributed by atoms with Gasteiger partial charge in [-0.1, -0.05) is 18.2 Å². The van der Waals surface area contributed by atoms with Crippen LogP contribution in [0.25, 0.3) is 0 Å². The van der Waals surface area contributed by atoms with Crippen molar-refractivity contribution in [1.82, 2.24) is 4.98 Å². The number of benzene rings is 1. The molecule has 0 aliphatic carbocycles. The summed E-state index contributed by atoms with van der Waals surface area (Å²) in [5.74, 6) is -0.257. The molecular formula is C12H11FN2. The predicted octanol–water partition coefficient (Wildman–Crippen LogP) is 2.27. The monoisotopic (exact) mass is 202 g/mol. The minimum absolute atomic E-state index is 0.257. The van der Waals surface area contributed by atoms with Crippen molar-refractivity contribution in [2.75, 3.05) is 0 Å². The lowest BCUT2D eigenvalue weighted by atomic mass is 10.0. The number of pyridine rings is 1. The molecule has 1 aromatic heterocycles. The fourth-order valence-corrected chi connectivity index (χ4v) is 1.40. The van der Waals surface area contributed by atoms with E-state index in [2.05, 4.69) is 4.98 Å². The topological polar surface area (TPSA) is 38.9 Å². The summed E-state index contributed by atoms with van der Waals surface area (Å²) < 4.78 is 12.7. The van der Waals surface area contributed by atoms with Crippen molar-refractivity contribution < 1.29 is 4.39 Å². The predicted molar refractivity (Wildman–Crippen MR) is 56.7 cm³/mol. The summed E-state index contributed by atoms with van der Waals surface area (Å²) in [5.41, 5.74) is 7.62. The molecule has 0 saturated carbocycles. The molecule has 3 heteroatoms. The first-order chi connectivity index (χ1) is 7.27. The molecule has 2 N–H and O–H groups in total. The lowest BCUT2D eigenvalue weighted by Crippen LogP contribution is -2.13. The lowest BCUT2D eigenvalue weighted by molar-refractivity contribution is 0.626. The zero-order valence-corrected chi connectivity index (χ0v) is 8.10. The summed E-state index contributed by atoms with van der Waals surface area (Å²) in [6.07, 6.45) is 1.69. The molecule has 0 spiro atoms. The Morgan fingerprint density at radius 2 is 1.80 bits per heavy atom. The highest BCUT2D eigenvalue weighted by Gasteiger charge is 2.08. The molecule has 1 heterocycles. The summed E-state index contributed by atoms with van der Waals surface area (Å²) in [6.45, 7) is 0. The van der Waals surface area contributed by atoms with Gasteiger partial charge >= 0.3 is 0 Å². The lowest BCUT2D eigenvalue weighted by Gasteiger charge is -2.10. The summed E-state index contributed by atoms with van der Waals surface area (Å²) in [5, 5.41) is 0. The number of halogens is 1. The molecule has 0 radical (unpaired) electrons. The van der Waals surface area contributed by atoms with Gasteiger partial charge in [-0.3, -0.25) is 4.98 Å². The molecule has 2 rings (SSSR count). The Hall–Kier alpha value is -1.74. The van der Waals surface area contributed by atoms with Crippen molar-refractivity contribution in [3.05, 3.63) is 65.7 Å². The van der Waals surface area contributed by atoms with Crippen LogP contribution in [0.1, 0.15) is 17.3 Å². The van der Waals surface area contributed by atoms with E-state index in [0.29, 0.717) is 0 Å². The summed E-state index contributed by atoms with van der Waals surface area (Å²) >= 11 is 0. The fourth-order valence-electron chi connectivity index (χ4n) is 1.40. The number of hydrogen-bond acceptors (Lipinski definition) is 2. The van der Waals surface area contributed by atoms with E-state index in [9.17, 15) is 4.39 Å². The first-order valence-electron chi connectivity index (χ1n) is 4.69. The van der Waals surface area contributed by atoms with E-state index in [1.54, 1.807) is 18.3 Å². The Morgan fingerprint density at radius 1 is 1.07 bits per heavy atom. The third-order valence-electron chi connectivity index (χ3n) is 2.24. The van der Waals surface area contributed by atoms with E-state index in [-0.39, 0.29) is 11.9 Å². The van der Waals surface area contributed by atoms with Crippen LogP contribution in [-0.4, -0.2) is 4.98 Å². The van der Waals surface area contributed by atoms with Crippen LogP contribution < -0.4 is 5.73 Å². The molecule has 76 valence electrons. The SMILES string of the molecule is NC(c1ccc(F)cc1)c1ccccn1. The fraction of sp³-hybridized carbons (Fsp3) is 0.0833. The summed E-state index contributed by atoms with van der Waals surface area (Å²) in [4.78, 5) is 4.16. The molecule has 0 fully saturated rings. The van der Waals surface area contributed by atoms with Crippen molar-refractivity contribution in [2.24, 2.45) is 5.73 Å². The third-order valence-corrected chi connectivity index (χ3v) is 2.24. The Labute approximate surface area is 87.6 Å². The molecule has 2 aromatic rings. The molecule has 1 atom stereocenters. The van der Waals surface area contributed by atoms with E-state index >= 15 is 0 Å². The van der Waals surface area contributed by atoms with Gasteiger partial charge in [0.2, 0.25) is 0 Å². The van der Waals surface area contributed by atoms with Gasteiger partial charge < -0.3 is 5.73 Å². The zero-order chi connectivity index (χ0) is 10.7. The van der Waals surface area contributed by atoms with Gasteiger partial charge in [-0.2, -0.15) is 0 Å². The van der Waals surface area contributed by atoms with Crippen LogP contribution in [0.4, 0.5) is 4.39 Å². The Balaban J connectivity index is 2.29. The summed E-state index contributed by atoms with van der Waals surface area (Å²) in [6, 6.07) is 11.4. The van der Waals surface area contributed by atoms with E-state index < -0.39 is 0 Å². The number of hydrogen-bond donors (Lipinski definition) is 1. The second-order valence-corrected chi connectivity index (χ2v) is 3.28. The van der Waals surface area contributed by atoms with Crippen molar-refractivity contribution >= 4 is 0 Å². The Morgan fingerprint density at radius 3 is 2.40 bits per heavy atom. The van der Waals surface area contributed by atoms with Crippen molar-refractivity contribution in [2.45, 2.75) is 6.04 Å². The highest BCUT2D eigenvalue weighted by atomic mass is 19.1. The second-order valence-electron chi connectivity index (χ2n) is 3.28. The number of nitrogens with zero attached hydrogens (tertiary/aromatic N) is 1. The van der Waals surface area contributed by atoms with Crippen LogP contribution in [-0.2, 0) is 0 Å². The zero-order valence-electron chi connectivity index (χ0n) is 8.10. The molecule has 0 aliphatic heterocycles. The maximum Gasteiger partial charge on any atom is 0.123 e. The minimum Gasteiger partial charge on any atom is -0.319 e. The Kier molecular flexibility index (Phi) is 2.74. The van der Waals surface area contributed by atoms with E-state index in [1.165, 1.54) is 12.1 Å². The van der Waals surface area contributed by atoms with Crippen LogP contribution in [0.15, 0.2) is 48.7 Å². The third kappa shape index (κ3) is 2.19. The van der Waals surface area contributed by atoms with Crippen LogP contribution in [0.5, 0.6) is 0 Å². The van der Waals surface area contributed by atoms with Gasteiger partial charge in [0.25, 0.3) is 0 Å². The molecular weight excluding hydrogens is 191 g/mol. The highest BCUT2D eigenvalue weighted by molar-refractivity contribution is 5.27. The molecule has 0 amide bonds. The van der Waals surface area contributed by atoms with Crippen LogP contribution >= 0.6 is 0 Å². The van der Waals surface area contributed by atoms with Gasteiger partial charge in [0.1, 0.15) is 5.82 Å². The first kappa shape index (κ1) is 9.80.